The van der Waals surface area contributed by atoms with Crippen LogP contribution in [-0.4, -0.2) is 60.0 Å². The van der Waals surface area contributed by atoms with Crippen molar-refractivity contribution in [3.63, 3.8) is 0 Å². The van der Waals surface area contributed by atoms with Gasteiger partial charge in [0.1, 0.15) is 5.69 Å². The molecule has 0 fully saturated rings. The lowest BCUT2D eigenvalue weighted by atomic mass is 10.2. The number of anilines is 2. The fraction of sp³-hybridized carbons (Fsp3) is 0.294. The Bertz CT molecular complexity index is 799. The average Bonchev–Trinajstić information content (AvgIpc) is 3.02. The molecule has 0 unspecified atom stereocenters. The van der Waals surface area contributed by atoms with E-state index in [4.69, 9.17) is 0 Å². The fourth-order valence-corrected chi connectivity index (χ4v) is 2.17. The molecule has 3 amide bonds. The molecule has 2 rings (SSSR count). The zero-order valence-corrected chi connectivity index (χ0v) is 14.9. The highest BCUT2D eigenvalue weighted by Crippen LogP contribution is 2.15. The smallest absolute Gasteiger partial charge is 0.271 e. The molecule has 0 bridgehead atoms. The van der Waals surface area contributed by atoms with E-state index in [1.807, 2.05) is 19.0 Å². The van der Waals surface area contributed by atoms with Gasteiger partial charge >= 0.3 is 0 Å². The maximum absolute atomic E-state index is 12.4. The van der Waals surface area contributed by atoms with Crippen LogP contribution in [0.1, 0.15) is 27.8 Å². The van der Waals surface area contributed by atoms with Crippen LogP contribution < -0.4 is 16.0 Å². The van der Waals surface area contributed by atoms with Crippen LogP contribution in [0.15, 0.2) is 30.5 Å². The molecule has 26 heavy (non-hydrogen) atoms. The Kier molecular flexibility index (Phi) is 6.45. The van der Waals surface area contributed by atoms with Crippen molar-refractivity contribution in [1.29, 1.82) is 0 Å². The lowest BCUT2D eigenvalue weighted by molar-refractivity contribution is -0.114. The Morgan fingerprint density at radius 1 is 1.15 bits per heavy atom. The first-order chi connectivity index (χ1) is 12.4. The Balaban J connectivity index is 2.05. The van der Waals surface area contributed by atoms with Gasteiger partial charge in [0.25, 0.3) is 11.8 Å². The third kappa shape index (κ3) is 5.42. The number of likely N-dealkylation sites (N-methyl/N-ethyl adjacent to an activating group) is 1. The minimum absolute atomic E-state index is 0.176. The van der Waals surface area contributed by atoms with Crippen LogP contribution in [0.3, 0.4) is 0 Å². The monoisotopic (exact) mass is 358 g/mol. The Hall–Kier alpha value is -3.20. The average molecular weight is 358 g/mol. The second-order valence-corrected chi connectivity index (χ2v) is 5.93. The minimum atomic E-state index is -0.416. The molecule has 0 aliphatic rings. The highest BCUT2D eigenvalue weighted by molar-refractivity contribution is 6.08. The van der Waals surface area contributed by atoms with Crippen molar-refractivity contribution in [1.82, 2.24) is 20.4 Å². The van der Waals surface area contributed by atoms with Crippen LogP contribution in [0.25, 0.3) is 0 Å². The first kappa shape index (κ1) is 19.1. The maximum Gasteiger partial charge on any atom is 0.271 e. The predicted octanol–water partition coefficient (Wildman–Crippen LogP) is 0.912. The van der Waals surface area contributed by atoms with Crippen LogP contribution in [0.5, 0.6) is 0 Å². The molecule has 0 aliphatic carbocycles. The van der Waals surface area contributed by atoms with Crippen molar-refractivity contribution in [3.8, 4) is 0 Å². The van der Waals surface area contributed by atoms with E-state index >= 15 is 0 Å². The Labute approximate surface area is 151 Å². The van der Waals surface area contributed by atoms with Gasteiger partial charge in [0.15, 0.2) is 0 Å². The predicted molar refractivity (Wildman–Crippen MR) is 98.2 cm³/mol. The van der Waals surface area contributed by atoms with E-state index in [0.29, 0.717) is 24.3 Å². The zero-order valence-electron chi connectivity index (χ0n) is 14.9. The number of nitrogens with one attached hydrogen (secondary N) is 4. The Morgan fingerprint density at radius 3 is 2.62 bits per heavy atom. The summed E-state index contributed by atoms with van der Waals surface area (Å²) in [4.78, 5) is 37.7. The molecular formula is C17H22N6O3. The van der Waals surface area contributed by atoms with Gasteiger partial charge in [0.2, 0.25) is 5.91 Å². The van der Waals surface area contributed by atoms with Gasteiger partial charge in [0, 0.05) is 31.3 Å². The van der Waals surface area contributed by atoms with Gasteiger partial charge in [-0.25, -0.2) is 0 Å². The van der Waals surface area contributed by atoms with Crippen LogP contribution in [-0.2, 0) is 4.79 Å². The van der Waals surface area contributed by atoms with Crippen molar-refractivity contribution in [3.05, 3.63) is 41.7 Å². The molecule has 0 saturated carbocycles. The summed E-state index contributed by atoms with van der Waals surface area (Å²) in [6.45, 7) is 2.55. The molecule has 0 aliphatic heterocycles. The summed E-state index contributed by atoms with van der Waals surface area (Å²) in [5.41, 5.74) is 1.31. The molecule has 9 nitrogen and oxygen atoms in total. The number of carbonyl (C=O) groups is 3. The van der Waals surface area contributed by atoms with E-state index in [2.05, 4.69) is 26.1 Å². The van der Waals surface area contributed by atoms with Gasteiger partial charge in [-0.05, 0) is 32.3 Å². The maximum atomic E-state index is 12.4. The summed E-state index contributed by atoms with van der Waals surface area (Å²) >= 11 is 0. The quantitative estimate of drug-likeness (QED) is 0.587. The molecule has 4 N–H and O–H groups in total. The summed E-state index contributed by atoms with van der Waals surface area (Å²) in [6, 6.07) is 6.50. The molecule has 0 saturated heterocycles. The molecule has 0 atom stereocenters. The van der Waals surface area contributed by atoms with E-state index in [-0.39, 0.29) is 23.2 Å². The molecule has 0 radical (unpaired) electrons. The second-order valence-electron chi connectivity index (χ2n) is 5.93. The van der Waals surface area contributed by atoms with Gasteiger partial charge in [-0.1, -0.05) is 6.07 Å². The SMILES string of the molecule is CC(=O)Nc1cccc(C(=O)Nc2cn[nH]c2C(=O)NCCN(C)C)c1. The summed E-state index contributed by atoms with van der Waals surface area (Å²) in [5.74, 6) is -0.998. The minimum Gasteiger partial charge on any atom is -0.349 e. The molecule has 138 valence electrons. The zero-order chi connectivity index (χ0) is 19.1. The van der Waals surface area contributed by atoms with Gasteiger partial charge in [-0.3, -0.25) is 19.5 Å². The van der Waals surface area contributed by atoms with Gasteiger partial charge in [-0.15, -0.1) is 0 Å². The summed E-state index contributed by atoms with van der Waals surface area (Å²) in [5, 5.41) is 14.4. The molecule has 1 aromatic carbocycles. The highest BCUT2D eigenvalue weighted by atomic mass is 16.2. The van der Waals surface area contributed by atoms with Crippen molar-refractivity contribution in [2.24, 2.45) is 0 Å². The largest absolute Gasteiger partial charge is 0.349 e. The standard InChI is InChI=1S/C17H22N6O3/c1-11(24)20-13-6-4-5-12(9-13)16(25)21-14-10-19-22-15(14)17(26)18-7-8-23(2)3/h4-6,9-10H,7-8H2,1-3H3,(H,18,26)(H,19,22)(H,20,24)(H,21,25). The van der Waals surface area contributed by atoms with E-state index in [0.717, 1.165) is 0 Å². The number of rotatable bonds is 7. The first-order valence-electron chi connectivity index (χ1n) is 8.02. The summed E-state index contributed by atoms with van der Waals surface area (Å²) in [7, 11) is 3.81. The number of aromatic nitrogens is 2. The molecular weight excluding hydrogens is 336 g/mol. The van der Waals surface area contributed by atoms with Crippen molar-refractivity contribution in [2.75, 3.05) is 37.8 Å². The molecule has 1 heterocycles. The molecule has 0 spiro atoms. The van der Waals surface area contributed by atoms with Crippen molar-refractivity contribution < 1.29 is 14.4 Å². The van der Waals surface area contributed by atoms with Crippen LogP contribution in [0, 0.1) is 0 Å². The van der Waals surface area contributed by atoms with Crippen LogP contribution in [0.4, 0.5) is 11.4 Å². The lowest BCUT2D eigenvalue weighted by Gasteiger charge is -2.11. The van der Waals surface area contributed by atoms with E-state index < -0.39 is 5.91 Å². The Morgan fingerprint density at radius 2 is 1.92 bits per heavy atom. The summed E-state index contributed by atoms with van der Waals surface area (Å²) in [6.07, 6.45) is 1.37. The third-order valence-electron chi connectivity index (χ3n) is 3.40. The van der Waals surface area contributed by atoms with Gasteiger partial charge in [-0.2, -0.15) is 5.10 Å². The van der Waals surface area contributed by atoms with Crippen molar-refractivity contribution >= 4 is 29.1 Å². The molecule has 9 heteroatoms. The number of nitrogens with zero attached hydrogens (tertiary/aromatic N) is 2. The van der Waals surface area contributed by atoms with Gasteiger partial charge in [0.05, 0.1) is 11.9 Å². The molecule has 2 aromatic rings. The summed E-state index contributed by atoms with van der Waals surface area (Å²) < 4.78 is 0. The number of hydrogen-bond donors (Lipinski definition) is 4. The number of carbonyl (C=O) groups excluding carboxylic acids is 3. The first-order valence-corrected chi connectivity index (χ1v) is 8.02. The number of aromatic amines is 1. The number of H-pyrrole nitrogens is 1. The third-order valence-corrected chi connectivity index (χ3v) is 3.40. The van der Waals surface area contributed by atoms with Crippen LogP contribution in [0.2, 0.25) is 0 Å². The van der Waals surface area contributed by atoms with Crippen molar-refractivity contribution in [2.45, 2.75) is 6.92 Å². The van der Waals surface area contributed by atoms with E-state index in [1.165, 1.54) is 13.1 Å². The number of hydrogen-bond acceptors (Lipinski definition) is 5. The number of benzene rings is 1. The highest BCUT2D eigenvalue weighted by Gasteiger charge is 2.16. The normalized spacial score (nSPS) is 10.5. The second kappa shape index (κ2) is 8.77. The molecule has 1 aromatic heterocycles. The number of amides is 3. The van der Waals surface area contributed by atoms with E-state index in [1.54, 1.807) is 24.3 Å². The van der Waals surface area contributed by atoms with Gasteiger partial charge < -0.3 is 20.9 Å². The lowest BCUT2D eigenvalue weighted by Crippen LogP contribution is -2.32. The topological polar surface area (TPSA) is 119 Å². The fourth-order valence-electron chi connectivity index (χ4n) is 2.17. The van der Waals surface area contributed by atoms with E-state index in [9.17, 15) is 14.4 Å². The van der Waals surface area contributed by atoms with Crippen LogP contribution >= 0.6 is 0 Å².